The number of hydrogen-bond acceptors (Lipinski definition) is 3. The van der Waals surface area contributed by atoms with Crippen LogP contribution in [0.2, 0.25) is 0 Å². The van der Waals surface area contributed by atoms with E-state index in [2.05, 4.69) is 10.6 Å². The molecule has 1 aliphatic carbocycles. The van der Waals surface area contributed by atoms with Gasteiger partial charge in [-0.1, -0.05) is 43.5 Å². The van der Waals surface area contributed by atoms with Crippen LogP contribution < -0.4 is 10.6 Å². The van der Waals surface area contributed by atoms with Crippen LogP contribution in [0, 0.1) is 5.92 Å². The molecule has 1 amide bonds. The predicted molar refractivity (Wildman–Crippen MR) is 108 cm³/mol. The maximum absolute atomic E-state index is 12.5. The number of amides is 1. The van der Waals surface area contributed by atoms with Crippen LogP contribution >= 0.6 is 0 Å². The third-order valence-corrected chi connectivity index (χ3v) is 4.77. The van der Waals surface area contributed by atoms with E-state index >= 15 is 0 Å². The first kappa shape index (κ1) is 18.7. The lowest BCUT2D eigenvalue weighted by Crippen LogP contribution is -2.25. The molecule has 0 aromatic heterocycles. The summed E-state index contributed by atoms with van der Waals surface area (Å²) >= 11 is 0. The first-order chi connectivity index (χ1) is 13.1. The Labute approximate surface area is 159 Å². The van der Waals surface area contributed by atoms with Crippen LogP contribution in [0.15, 0.2) is 54.6 Å². The minimum Gasteiger partial charge on any atom is -0.478 e. The molecule has 0 aliphatic heterocycles. The second-order valence-electron chi connectivity index (χ2n) is 6.79. The summed E-state index contributed by atoms with van der Waals surface area (Å²) in [6, 6.07) is 15.1. The first-order valence-electron chi connectivity index (χ1n) is 9.30. The summed E-state index contributed by atoms with van der Waals surface area (Å²) in [5.41, 5.74) is 3.27. The molecule has 0 radical (unpaired) electrons. The SMILES string of the molecule is O=C(O)/C=C/c1ccc(Nc2ccccc2NC(=O)C2CCCCC2)cc1. The Balaban J connectivity index is 1.68. The number of benzene rings is 2. The average molecular weight is 364 g/mol. The van der Waals surface area contributed by atoms with Crippen molar-refractivity contribution < 1.29 is 14.7 Å². The van der Waals surface area contributed by atoms with E-state index < -0.39 is 5.97 Å². The lowest BCUT2D eigenvalue weighted by atomic mass is 9.88. The fraction of sp³-hybridized carbons (Fsp3) is 0.273. The van der Waals surface area contributed by atoms with Gasteiger partial charge in [0.2, 0.25) is 5.91 Å². The minimum absolute atomic E-state index is 0.0955. The number of hydrogen-bond donors (Lipinski definition) is 3. The molecule has 5 nitrogen and oxygen atoms in total. The van der Waals surface area contributed by atoms with Crippen LogP contribution in [-0.2, 0) is 9.59 Å². The van der Waals surface area contributed by atoms with Crippen molar-refractivity contribution >= 4 is 35.0 Å². The van der Waals surface area contributed by atoms with Gasteiger partial charge >= 0.3 is 5.97 Å². The molecule has 0 heterocycles. The summed E-state index contributed by atoms with van der Waals surface area (Å²) in [7, 11) is 0. The van der Waals surface area contributed by atoms with Gasteiger partial charge in [-0.05, 0) is 48.7 Å². The van der Waals surface area contributed by atoms with Crippen molar-refractivity contribution in [2.45, 2.75) is 32.1 Å². The molecule has 0 spiro atoms. The zero-order chi connectivity index (χ0) is 19.1. The van der Waals surface area contributed by atoms with Crippen molar-refractivity contribution in [1.29, 1.82) is 0 Å². The predicted octanol–water partition coefficient (Wildman–Crippen LogP) is 5.05. The van der Waals surface area contributed by atoms with E-state index in [1.54, 1.807) is 6.08 Å². The van der Waals surface area contributed by atoms with Gasteiger partial charge in [0.15, 0.2) is 0 Å². The fourth-order valence-electron chi connectivity index (χ4n) is 3.30. The number of carboxylic acid groups (broad SMARTS) is 1. The molecule has 140 valence electrons. The van der Waals surface area contributed by atoms with E-state index in [0.717, 1.165) is 54.4 Å². The number of carboxylic acids is 1. The van der Waals surface area contributed by atoms with Gasteiger partial charge in [-0.15, -0.1) is 0 Å². The molecule has 27 heavy (non-hydrogen) atoms. The quantitative estimate of drug-likeness (QED) is 0.627. The highest BCUT2D eigenvalue weighted by Crippen LogP contribution is 2.29. The van der Waals surface area contributed by atoms with Crippen molar-refractivity contribution in [2.75, 3.05) is 10.6 Å². The van der Waals surface area contributed by atoms with Crippen LogP contribution in [0.25, 0.3) is 6.08 Å². The molecule has 0 saturated heterocycles. The van der Waals surface area contributed by atoms with Gasteiger partial charge in [-0.2, -0.15) is 0 Å². The number of carbonyl (C=O) groups excluding carboxylic acids is 1. The lowest BCUT2D eigenvalue weighted by Gasteiger charge is -2.21. The monoisotopic (exact) mass is 364 g/mol. The average Bonchev–Trinajstić information content (AvgIpc) is 2.69. The van der Waals surface area contributed by atoms with Gasteiger partial charge in [-0.25, -0.2) is 4.79 Å². The van der Waals surface area contributed by atoms with E-state index in [9.17, 15) is 9.59 Å². The zero-order valence-electron chi connectivity index (χ0n) is 15.2. The standard InChI is InChI=1S/C22H24N2O3/c25-21(26)15-12-16-10-13-18(14-11-16)23-19-8-4-5-9-20(19)24-22(27)17-6-2-1-3-7-17/h4-5,8-15,17,23H,1-3,6-7H2,(H,24,27)(H,25,26)/b15-12+. The van der Waals surface area contributed by atoms with Crippen LogP contribution in [-0.4, -0.2) is 17.0 Å². The number of para-hydroxylation sites is 2. The number of carbonyl (C=O) groups is 2. The number of aliphatic carboxylic acids is 1. The fourth-order valence-corrected chi connectivity index (χ4v) is 3.30. The molecule has 1 fully saturated rings. The summed E-state index contributed by atoms with van der Waals surface area (Å²) < 4.78 is 0. The molecule has 2 aromatic rings. The number of rotatable bonds is 6. The molecule has 3 rings (SSSR count). The lowest BCUT2D eigenvalue weighted by molar-refractivity contribution is -0.131. The minimum atomic E-state index is -0.972. The molecule has 0 atom stereocenters. The van der Waals surface area contributed by atoms with Crippen LogP contribution in [0.3, 0.4) is 0 Å². The van der Waals surface area contributed by atoms with Gasteiger partial charge in [0.1, 0.15) is 0 Å². The van der Waals surface area contributed by atoms with Gasteiger partial charge in [0.25, 0.3) is 0 Å². The number of nitrogens with one attached hydrogen (secondary N) is 2. The van der Waals surface area contributed by atoms with Crippen molar-refractivity contribution in [3.05, 3.63) is 60.2 Å². The Hall–Kier alpha value is -3.08. The summed E-state index contributed by atoms with van der Waals surface area (Å²) in [6.07, 6.45) is 8.06. The summed E-state index contributed by atoms with van der Waals surface area (Å²) in [5.74, 6) is -0.773. The molecular formula is C22H24N2O3. The van der Waals surface area contributed by atoms with Crippen molar-refractivity contribution in [3.63, 3.8) is 0 Å². The van der Waals surface area contributed by atoms with E-state index in [4.69, 9.17) is 5.11 Å². The maximum Gasteiger partial charge on any atom is 0.328 e. The Kier molecular flexibility index (Phi) is 6.26. The molecule has 1 saturated carbocycles. The third-order valence-electron chi connectivity index (χ3n) is 4.77. The molecule has 2 aromatic carbocycles. The summed E-state index contributed by atoms with van der Waals surface area (Å²) in [5, 5.41) is 15.1. The third kappa shape index (κ3) is 5.45. The van der Waals surface area contributed by atoms with Crippen molar-refractivity contribution in [1.82, 2.24) is 0 Å². The Morgan fingerprint density at radius 3 is 2.26 bits per heavy atom. The Bertz CT molecular complexity index is 822. The zero-order valence-corrected chi connectivity index (χ0v) is 15.2. The van der Waals surface area contributed by atoms with Gasteiger partial charge in [-0.3, -0.25) is 4.79 Å². The smallest absolute Gasteiger partial charge is 0.328 e. The van der Waals surface area contributed by atoms with Crippen molar-refractivity contribution in [2.24, 2.45) is 5.92 Å². The first-order valence-corrected chi connectivity index (χ1v) is 9.30. The van der Waals surface area contributed by atoms with Crippen LogP contribution in [0.4, 0.5) is 17.1 Å². The van der Waals surface area contributed by atoms with Crippen LogP contribution in [0.5, 0.6) is 0 Å². The highest BCUT2D eigenvalue weighted by Gasteiger charge is 2.21. The van der Waals surface area contributed by atoms with Crippen molar-refractivity contribution in [3.8, 4) is 0 Å². The van der Waals surface area contributed by atoms with Gasteiger partial charge < -0.3 is 15.7 Å². The second-order valence-corrected chi connectivity index (χ2v) is 6.79. The summed E-state index contributed by atoms with van der Waals surface area (Å²) in [4.78, 5) is 23.1. The topological polar surface area (TPSA) is 78.4 Å². The van der Waals surface area contributed by atoms with Crippen LogP contribution in [0.1, 0.15) is 37.7 Å². The molecule has 0 unspecified atom stereocenters. The largest absolute Gasteiger partial charge is 0.478 e. The molecule has 5 heteroatoms. The summed E-state index contributed by atoms with van der Waals surface area (Å²) in [6.45, 7) is 0. The molecule has 3 N–H and O–H groups in total. The van der Waals surface area contributed by atoms with E-state index in [-0.39, 0.29) is 11.8 Å². The maximum atomic E-state index is 12.5. The van der Waals surface area contributed by atoms with E-state index in [0.29, 0.717) is 0 Å². The Morgan fingerprint density at radius 1 is 0.926 bits per heavy atom. The highest BCUT2D eigenvalue weighted by molar-refractivity contribution is 5.96. The molecular weight excluding hydrogens is 340 g/mol. The van der Waals surface area contributed by atoms with E-state index in [1.165, 1.54) is 6.42 Å². The highest BCUT2D eigenvalue weighted by atomic mass is 16.4. The Morgan fingerprint density at radius 2 is 1.59 bits per heavy atom. The number of anilines is 3. The van der Waals surface area contributed by atoms with E-state index in [1.807, 2.05) is 48.5 Å². The molecule has 1 aliphatic rings. The molecule has 0 bridgehead atoms. The van der Waals surface area contributed by atoms with Gasteiger partial charge in [0.05, 0.1) is 11.4 Å². The second kappa shape index (κ2) is 9.03. The normalized spacial score (nSPS) is 14.8. The van der Waals surface area contributed by atoms with Gasteiger partial charge in [0, 0.05) is 17.7 Å².